The number of esters is 1. The molecule has 8 atom stereocenters. The normalized spacial score (nSPS) is 19.5. The van der Waals surface area contributed by atoms with E-state index in [1.807, 2.05) is 182 Å². The fraction of sp³-hybridized carbons (Fsp3) is 0.316. The fourth-order valence-corrected chi connectivity index (χ4v) is 7.96. The van der Waals surface area contributed by atoms with E-state index in [0.717, 1.165) is 33.4 Å². The Hall–Kier alpha value is -5.79. The Kier molecular flexibility index (Phi) is 19.9. The van der Waals surface area contributed by atoms with Crippen LogP contribution < -0.4 is 0 Å². The molecule has 67 heavy (non-hydrogen) atoms. The highest BCUT2D eigenvalue weighted by Gasteiger charge is 2.49. The van der Waals surface area contributed by atoms with Gasteiger partial charge in [-0.15, -0.1) is 6.58 Å². The van der Waals surface area contributed by atoms with Gasteiger partial charge in [0.1, 0.15) is 30.5 Å². The van der Waals surface area contributed by atoms with E-state index >= 15 is 0 Å². The van der Waals surface area contributed by atoms with Gasteiger partial charge in [0.2, 0.25) is 0 Å². The van der Waals surface area contributed by atoms with Crippen LogP contribution in [0.2, 0.25) is 0 Å². The number of carbonyl (C=O) groups is 1. The van der Waals surface area contributed by atoms with E-state index in [9.17, 15) is 4.79 Å². The Morgan fingerprint density at radius 2 is 0.940 bits per heavy atom. The van der Waals surface area contributed by atoms with Crippen LogP contribution in [0.5, 0.6) is 0 Å². The lowest BCUT2D eigenvalue weighted by Gasteiger charge is -2.45. The summed E-state index contributed by atoms with van der Waals surface area (Å²) in [4.78, 5) is 14.4. The van der Waals surface area contributed by atoms with E-state index in [1.54, 1.807) is 13.2 Å². The number of benzene rings is 6. The molecule has 0 saturated carbocycles. The molecule has 6 aromatic carbocycles. The molecule has 1 aliphatic heterocycles. The molecule has 0 spiro atoms. The van der Waals surface area contributed by atoms with Gasteiger partial charge in [0, 0.05) is 13.5 Å². The molecular formula is C57H62O10. The van der Waals surface area contributed by atoms with Crippen molar-refractivity contribution in [3.8, 4) is 0 Å². The highest BCUT2D eigenvalue weighted by atomic mass is 16.7. The number of rotatable bonds is 27. The molecule has 1 heterocycles. The van der Waals surface area contributed by atoms with Crippen molar-refractivity contribution < 1.29 is 47.4 Å². The summed E-state index contributed by atoms with van der Waals surface area (Å²) in [7, 11) is 1.58. The van der Waals surface area contributed by atoms with Crippen LogP contribution >= 0.6 is 0 Å². The molecule has 10 nitrogen and oxygen atoms in total. The van der Waals surface area contributed by atoms with E-state index in [-0.39, 0.29) is 32.7 Å². The first-order valence-corrected chi connectivity index (χ1v) is 23.0. The van der Waals surface area contributed by atoms with Crippen LogP contribution in [0.1, 0.15) is 46.2 Å². The second-order valence-electron chi connectivity index (χ2n) is 16.4. The molecular weight excluding hydrogens is 845 g/mol. The molecule has 0 aromatic heterocycles. The molecule has 1 saturated heterocycles. The van der Waals surface area contributed by atoms with Crippen molar-refractivity contribution >= 4 is 5.97 Å². The Balaban J connectivity index is 1.13. The quantitative estimate of drug-likeness (QED) is 0.0367. The van der Waals surface area contributed by atoms with Gasteiger partial charge in [-0.25, -0.2) is 0 Å². The summed E-state index contributed by atoms with van der Waals surface area (Å²) in [5.41, 5.74) is 5.87. The van der Waals surface area contributed by atoms with Crippen LogP contribution in [0.25, 0.3) is 0 Å². The Morgan fingerprint density at radius 1 is 0.537 bits per heavy atom. The summed E-state index contributed by atoms with van der Waals surface area (Å²) in [6, 6.07) is 59.4. The summed E-state index contributed by atoms with van der Waals surface area (Å²) >= 11 is 0. The first-order valence-electron chi connectivity index (χ1n) is 23.0. The third-order valence-electron chi connectivity index (χ3n) is 11.5. The average Bonchev–Trinajstić information content (AvgIpc) is 3.38. The Bertz CT molecular complexity index is 2270. The van der Waals surface area contributed by atoms with Crippen molar-refractivity contribution in [1.82, 2.24) is 0 Å². The van der Waals surface area contributed by atoms with Crippen LogP contribution in [0.3, 0.4) is 0 Å². The van der Waals surface area contributed by atoms with Gasteiger partial charge in [-0.1, -0.05) is 188 Å². The van der Waals surface area contributed by atoms with Crippen molar-refractivity contribution in [3.63, 3.8) is 0 Å². The summed E-state index contributed by atoms with van der Waals surface area (Å²) in [5.74, 6) is -0.476. The Morgan fingerprint density at radius 3 is 1.39 bits per heavy atom. The molecule has 10 heteroatoms. The van der Waals surface area contributed by atoms with Gasteiger partial charge in [0.15, 0.2) is 12.4 Å². The van der Waals surface area contributed by atoms with Crippen LogP contribution in [0.15, 0.2) is 195 Å². The molecule has 6 aromatic rings. The zero-order valence-corrected chi connectivity index (χ0v) is 38.2. The van der Waals surface area contributed by atoms with Crippen molar-refractivity contribution in [3.05, 3.63) is 228 Å². The van der Waals surface area contributed by atoms with Crippen LogP contribution in [-0.2, 0) is 87.1 Å². The summed E-state index contributed by atoms with van der Waals surface area (Å²) in [5, 5.41) is 0. The standard InChI is InChI=1S/C57H62O10/c1-3-49(61-37-44-24-12-5-13-25-44)53(62-38-45-26-14-6-15-27-45)51(42-60-36-43-22-10-4-11-23-43)66-52(58)35-34-50-54(63-39-46-28-16-7-17-29-46)55(64-40-47-30-18-8-19-31-47)56(57(59-2)67-50)65-41-48-32-20-9-21-33-48/h3-33,49-51,53-57H,1,34-42H2,2H3/t49-,50+,51+,53+,54+,55-,56+,57-/m0/s1. The molecule has 0 amide bonds. The van der Waals surface area contributed by atoms with Crippen molar-refractivity contribution in [2.45, 2.75) is 102 Å². The number of hydrogen-bond acceptors (Lipinski definition) is 10. The molecule has 350 valence electrons. The monoisotopic (exact) mass is 906 g/mol. The minimum atomic E-state index is -0.888. The summed E-state index contributed by atoms with van der Waals surface area (Å²) < 4.78 is 58.7. The lowest BCUT2D eigenvalue weighted by molar-refractivity contribution is -0.318. The van der Waals surface area contributed by atoms with Gasteiger partial charge < -0.3 is 42.6 Å². The minimum Gasteiger partial charge on any atom is -0.457 e. The van der Waals surface area contributed by atoms with Gasteiger partial charge in [-0.3, -0.25) is 4.79 Å². The highest BCUT2D eigenvalue weighted by molar-refractivity contribution is 5.69. The van der Waals surface area contributed by atoms with Gasteiger partial charge in [0.25, 0.3) is 0 Å². The molecule has 0 unspecified atom stereocenters. The lowest BCUT2D eigenvalue weighted by Crippen LogP contribution is -2.60. The first kappa shape index (κ1) is 49.1. The second kappa shape index (κ2) is 27.1. The van der Waals surface area contributed by atoms with E-state index < -0.39 is 55.0 Å². The van der Waals surface area contributed by atoms with Gasteiger partial charge in [0.05, 0.1) is 52.4 Å². The van der Waals surface area contributed by atoms with E-state index in [2.05, 4.69) is 6.58 Å². The third-order valence-corrected chi connectivity index (χ3v) is 11.5. The van der Waals surface area contributed by atoms with Gasteiger partial charge in [-0.05, 0) is 39.8 Å². The summed E-state index contributed by atoms with van der Waals surface area (Å²) in [6.07, 6.45) is -3.98. The van der Waals surface area contributed by atoms with E-state index in [4.69, 9.17) is 42.6 Å². The zero-order valence-electron chi connectivity index (χ0n) is 38.2. The van der Waals surface area contributed by atoms with Crippen molar-refractivity contribution in [1.29, 1.82) is 0 Å². The fourth-order valence-electron chi connectivity index (χ4n) is 7.96. The van der Waals surface area contributed by atoms with Gasteiger partial charge >= 0.3 is 5.97 Å². The Labute approximate surface area is 395 Å². The molecule has 0 aliphatic carbocycles. The number of methoxy groups -OCH3 is 1. The van der Waals surface area contributed by atoms with Crippen molar-refractivity contribution in [2.75, 3.05) is 13.7 Å². The maximum absolute atomic E-state index is 14.4. The van der Waals surface area contributed by atoms with Crippen LogP contribution in [0, 0.1) is 0 Å². The van der Waals surface area contributed by atoms with Crippen LogP contribution in [-0.4, -0.2) is 68.7 Å². The smallest absolute Gasteiger partial charge is 0.306 e. The zero-order chi connectivity index (χ0) is 46.3. The summed E-state index contributed by atoms with van der Waals surface area (Å²) in [6.45, 7) is 5.85. The van der Waals surface area contributed by atoms with Crippen LogP contribution in [0.4, 0.5) is 0 Å². The molecule has 7 rings (SSSR count). The molecule has 1 aliphatic rings. The molecule has 0 radical (unpaired) electrons. The highest BCUT2D eigenvalue weighted by Crippen LogP contribution is 2.33. The largest absolute Gasteiger partial charge is 0.457 e. The molecule has 1 fully saturated rings. The molecule has 0 bridgehead atoms. The third kappa shape index (κ3) is 15.6. The number of hydrogen-bond donors (Lipinski definition) is 0. The first-order chi connectivity index (χ1) is 33.1. The predicted octanol–water partition coefficient (Wildman–Crippen LogP) is 10.4. The topological polar surface area (TPSA) is 100 Å². The lowest BCUT2D eigenvalue weighted by atomic mass is 9.94. The number of ether oxygens (including phenoxy) is 9. The molecule has 0 N–H and O–H groups in total. The number of carbonyl (C=O) groups excluding carboxylic acids is 1. The van der Waals surface area contributed by atoms with E-state index in [0.29, 0.717) is 26.4 Å². The second-order valence-corrected chi connectivity index (χ2v) is 16.4. The van der Waals surface area contributed by atoms with E-state index in [1.165, 1.54) is 0 Å². The minimum absolute atomic E-state index is 0.0303. The van der Waals surface area contributed by atoms with Crippen molar-refractivity contribution in [2.24, 2.45) is 0 Å². The maximum Gasteiger partial charge on any atom is 0.306 e. The maximum atomic E-state index is 14.4. The average molecular weight is 907 g/mol. The SMILES string of the molecule is C=C[C@H](OCc1ccccc1)[C@@H](OCc1ccccc1)[C@@H](COCc1ccccc1)OC(=O)CC[C@H]1O[C@H](OC)[C@H](OCc2ccccc2)[C@@H](OCc2ccccc2)[C@@H]1OCc1ccccc1. The predicted molar refractivity (Wildman–Crippen MR) is 256 cm³/mol. The van der Waals surface area contributed by atoms with Gasteiger partial charge in [-0.2, -0.15) is 0 Å².